The van der Waals surface area contributed by atoms with Gasteiger partial charge in [-0.1, -0.05) is 17.7 Å². The molecule has 7 nitrogen and oxygen atoms in total. The second kappa shape index (κ2) is 8.16. The van der Waals surface area contributed by atoms with Gasteiger partial charge in [-0.3, -0.25) is 5.32 Å². The van der Waals surface area contributed by atoms with Crippen LogP contribution in [0, 0.1) is 5.41 Å². The van der Waals surface area contributed by atoms with E-state index in [4.69, 9.17) is 21.1 Å². The van der Waals surface area contributed by atoms with Gasteiger partial charge in [0, 0.05) is 30.9 Å². The maximum atomic E-state index is 11.8. The highest BCUT2D eigenvalue weighted by atomic mass is 35.5. The first-order valence-electron chi connectivity index (χ1n) is 9.88. The first-order valence-corrected chi connectivity index (χ1v) is 10.3. The summed E-state index contributed by atoms with van der Waals surface area (Å²) in [6.45, 7) is 3.68. The lowest BCUT2D eigenvalue weighted by Gasteiger charge is -2.29. The number of rotatable bonds is 7. The van der Waals surface area contributed by atoms with Crippen LogP contribution in [0.1, 0.15) is 42.1 Å². The van der Waals surface area contributed by atoms with Crippen molar-refractivity contribution in [1.29, 1.82) is 0 Å². The number of esters is 1. The summed E-state index contributed by atoms with van der Waals surface area (Å²) in [6.07, 6.45) is 6.74. The normalized spacial score (nSPS) is 19.4. The molecule has 1 N–H and O–H groups in total. The summed E-state index contributed by atoms with van der Waals surface area (Å²) in [5.41, 5.74) is 1.74. The Morgan fingerprint density at radius 1 is 1.31 bits per heavy atom. The standard InChI is InChI=1S/C21H25ClN4O3/c1-3-29-18(27)15-12-24-20(25-13-15)26-9-8-21(6-7-21)19(26)23-11-14-4-5-17(28-2)16(22)10-14/h4-5,10,12-13,19,23H,3,6-9,11H2,1-2H3. The van der Waals surface area contributed by atoms with Crippen molar-refractivity contribution in [2.75, 3.05) is 25.2 Å². The number of methoxy groups -OCH3 is 1. The van der Waals surface area contributed by atoms with Crippen LogP contribution in [0.2, 0.25) is 5.02 Å². The van der Waals surface area contributed by atoms with Crippen molar-refractivity contribution in [3.8, 4) is 5.75 Å². The van der Waals surface area contributed by atoms with Gasteiger partial charge in [0.15, 0.2) is 0 Å². The van der Waals surface area contributed by atoms with Crippen LogP contribution >= 0.6 is 11.6 Å². The molecule has 1 saturated heterocycles. The van der Waals surface area contributed by atoms with E-state index in [1.807, 2.05) is 18.2 Å². The van der Waals surface area contributed by atoms with Crippen LogP contribution in [-0.4, -0.2) is 42.4 Å². The summed E-state index contributed by atoms with van der Waals surface area (Å²) in [7, 11) is 1.61. The van der Waals surface area contributed by atoms with E-state index in [1.54, 1.807) is 26.4 Å². The first kappa shape index (κ1) is 19.9. The van der Waals surface area contributed by atoms with Crippen molar-refractivity contribution < 1.29 is 14.3 Å². The number of nitrogens with zero attached hydrogens (tertiary/aromatic N) is 3. The fourth-order valence-electron chi connectivity index (χ4n) is 3.99. The number of carbonyl (C=O) groups is 1. The van der Waals surface area contributed by atoms with E-state index in [0.29, 0.717) is 35.4 Å². The average Bonchev–Trinajstić information content (AvgIpc) is 3.42. The Bertz CT molecular complexity index is 886. The SMILES string of the molecule is CCOC(=O)c1cnc(N2CCC3(CC3)C2NCc2ccc(OC)c(Cl)c2)nc1. The Hall–Kier alpha value is -2.38. The van der Waals surface area contributed by atoms with Crippen molar-refractivity contribution in [1.82, 2.24) is 15.3 Å². The monoisotopic (exact) mass is 416 g/mol. The van der Waals surface area contributed by atoms with Gasteiger partial charge in [-0.15, -0.1) is 0 Å². The molecule has 1 aromatic heterocycles. The fourth-order valence-corrected chi connectivity index (χ4v) is 4.27. The van der Waals surface area contributed by atoms with Gasteiger partial charge in [0.1, 0.15) is 5.75 Å². The quantitative estimate of drug-likeness (QED) is 0.693. The summed E-state index contributed by atoms with van der Waals surface area (Å²) in [6, 6.07) is 5.83. The first-order chi connectivity index (χ1) is 14.1. The minimum Gasteiger partial charge on any atom is -0.495 e. The van der Waals surface area contributed by atoms with E-state index in [9.17, 15) is 4.79 Å². The third-order valence-corrected chi connectivity index (χ3v) is 6.05. The number of carbonyl (C=O) groups excluding carboxylic acids is 1. The second-order valence-corrected chi connectivity index (χ2v) is 7.96. The van der Waals surface area contributed by atoms with Crippen LogP contribution in [0.3, 0.4) is 0 Å². The van der Waals surface area contributed by atoms with Gasteiger partial charge < -0.3 is 14.4 Å². The fraction of sp³-hybridized carbons (Fsp3) is 0.476. The molecule has 4 rings (SSSR count). The largest absolute Gasteiger partial charge is 0.495 e. The molecule has 154 valence electrons. The van der Waals surface area contributed by atoms with E-state index < -0.39 is 5.97 Å². The van der Waals surface area contributed by atoms with Crippen LogP contribution in [-0.2, 0) is 11.3 Å². The van der Waals surface area contributed by atoms with E-state index >= 15 is 0 Å². The highest BCUT2D eigenvalue weighted by Crippen LogP contribution is 2.56. The van der Waals surface area contributed by atoms with Gasteiger partial charge >= 0.3 is 5.97 Å². The third-order valence-electron chi connectivity index (χ3n) is 5.76. The summed E-state index contributed by atoms with van der Waals surface area (Å²) in [5, 5.41) is 4.28. The van der Waals surface area contributed by atoms with E-state index in [2.05, 4.69) is 20.2 Å². The van der Waals surface area contributed by atoms with Crippen molar-refractivity contribution in [2.24, 2.45) is 5.41 Å². The number of benzene rings is 1. The highest BCUT2D eigenvalue weighted by molar-refractivity contribution is 6.32. The van der Waals surface area contributed by atoms with Crippen LogP contribution in [0.5, 0.6) is 5.75 Å². The Kier molecular flexibility index (Phi) is 5.61. The molecular weight excluding hydrogens is 392 g/mol. The minimum absolute atomic E-state index is 0.150. The summed E-state index contributed by atoms with van der Waals surface area (Å²) in [4.78, 5) is 22.9. The molecule has 1 aliphatic heterocycles. The number of hydrogen-bond donors (Lipinski definition) is 1. The van der Waals surface area contributed by atoms with E-state index in [-0.39, 0.29) is 11.6 Å². The van der Waals surface area contributed by atoms with Crippen LogP contribution < -0.4 is 15.0 Å². The molecule has 1 unspecified atom stereocenters. The molecule has 29 heavy (non-hydrogen) atoms. The van der Waals surface area contributed by atoms with Gasteiger partial charge in [-0.05, 0) is 43.9 Å². The zero-order valence-electron chi connectivity index (χ0n) is 16.7. The average molecular weight is 417 g/mol. The zero-order valence-corrected chi connectivity index (χ0v) is 17.4. The Morgan fingerprint density at radius 2 is 2.07 bits per heavy atom. The molecule has 0 radical (unpaired) electrons. The van der Waals surface area contributed by atoms with Gasteiger partial charge in [-0.2, -0.15) is 0 Å². The molecule has 1 atom stereocenters. The Labute approximate surface area is 175 Å². The molecule has 1 spiro atoms. The zero-order chi connectivity index (χ0) is 20.4. The lowest BCUT2D eigenvalue weighted by Crippen LogP contribution is -2.46. The van der Waals surface area contributed by atoms with Crippen molar-refractivity contribution >= 4 is 23.5 Å². The van der Waals surface area contributed by atoms with E-state index in [0.717, 1.165) is 18.5 Å². The van der Waals surface area contributed by atoms with Crippen molar-refractivity contribution in [3.05, 3.63) is 46.7 Å². The Balaban J connectivity index is 1.47. The molecule has 8 heteroatoms. The maximum absolute atomic E-state index is 11.8. The number of aromatic nitrogens is 2. The lowest BCUT2D eigenvalue weighted by atomic mass is 10.0. The van der Waals surface area contributed by atoms with Crippen LogP contribution in [0.15, 0.2) is 30.6 Å². The number of halogens is 1. The van der Waals surface area contributed by atoms with Crippen LogP contribution in [0.4, 0.5) is 5.95 Å². The number of anilines is 1. The molecule has 1 aliphatic carbocycles. The predicted molar refractivity (Wildman–Crippen MR) is 110 cm³/mol. The highest BCUT2D eigenvalue weighted by Gasteiger charge is 2.56. The molecule has 2 heterocycles. The van der Waals surface area contributed by atoms with Crippen molar-refractivity contribution in [2.45, 2.75) is 38.9 Å². The minimum atomic E-state index is -0.398. The predicted octanol–water partition coefficient (Wildman–Crippen LogP) is 3.42. The number of nitrogens with one attached hydrogen (secondary N) is 1. The molecule has 2 aromatic rings. The maximum Gasteiger partial charge on any atom is 0.341 e. The topological polar surface area (TPSA) is 76.6 Å². The summed E-state index contributed by atoms with van der Waals surface area (Å²) < 4.78 is 10.2. The van der Waals surface area contributed by atoms with Gasteiger partial charge in [-0.25, -0.2) is 14.8 Å². The summed E-state index contributed by atoms with van der Waals surface area (Å²) >= 11 is 6.26. The third kappa shape index (κ3) is 4.02. The molecule has 0 amide bonds. The molecule has 0 bridgehead atoms. The molecule has 1 aromatic carbocycles. The number of ether oxygens (including phenoxy) is 2. The van der Waals surface area contributed by atoms with Gasteiger partial charge in [0.25, 0.3) is 0 Å². The van der Waals surface area contributed by atoms with E-state index in [1.165, 1.54) is 12.8 Å². The van der Waals surface area contributed by atoms with Crippen LogP contribution in [0.25, 0.3) is 0 Å². The Morgan fingerprint density at radius 3 is 2.69 bits per heavy atom. The molecular formula is C21H25ClN4O3. The van der Waals surface area contributed by atoms with Gasteiger partial charge in [0.05, 0.1) is 30.5 Å². The number of hydrogen-bond acceptors (Lipinski definition) is 7. The smallest absolute Gasteiger partial charge is 0.341 e. The summed E-state index contributed by atoms with van der Waals surface area (Å²) in [5.74, 6) is 0.906. The molecule has 1 saturated carbocycles. The molecule has 2 aliphatic rings. The second-order valence-electron chi connectivity index (χ2n) is 7.55. The molecule has 2 fully saturated rings. The lowest BCUT2D eigenvalue weighted by molar-refractivity contribution is 0.0525. The van der Waals surface area contributed by atoms with Gasteiger partial charge in [0.2, 0.25) is 5.95 Å². The van der Waals surface area contributed by atoms with Crippen molar-refractivity contribution in [3.63, 3.8) is 0 Å².